The largest absolute Gasteiger partial charge is 0.465 e. The van der Waals surface area contributed by atoms with Crippen LogP contribution in [0.25, 0.3) is 10.8 Å². The van der Waals surface area contributed by atoms with Crippen LogP contribution in [0.1, 0.15) is 46.5 Å². The molecule has 0 bridgehead atoms. The molecule has 1 aliphatic carbocycles. The third-order valence-corrected chi connectivity index (χ3v) is 7.09. The molecule has 0 saturated heterocycles. The summed E-state index contributed by atoms with van der Waals surface area (Å²) in [5, 5.41) is 13.7. The zero-order valence-electron chi connectivity index (χ0n) is 17.5. The van der Waals surface area contributed by atoms with Crippen LogP contribution in [0.15, 0.2) is 21.9 Å². The highest BCUT2D eigenvalue weighted by atomic mass is 32.1. The van der Waals surface area contributed by atoms with E-state index in [-0.39, 0.29) is 12.5 Å². The molecule has 3 aromatic heterocycles. The van der Waals surface area contributed by atoms with Crippen molar-refractivity contribution in [1.82, 2.24) is 15.1 Å². The van der Waals surface area contributed by atoms with Crippen LogP contribution in [0, 0.1) is 0 Å². The lowest BCUT2D eigenvalue weighted by atomic mass is 10.1. The van der Waals surface area contributed by atoms with Gasteiger partial charge in [-0.05, 0) is 49.2 Å². The number of aromatic nitrogens is 2. The van der Waals surface area contributed by atoms with Gasteiger partial charge in [-0.3, -0.25) is 9.69 Å². The summed E-state index contributed by atoms with van der Waals surface area (Å²) in [6.07, 6.45) is 3.69. The molecule has 8 nitrogen and oxygen atoms in total. The third-order valence-electron chi connectivity index (χ3n) is 5.03. The number of anilines is 1. The number of nitrogens with one attached hydrogen (secondary N) is 1. The molecule has 1 N–H and O–H groups in total. The minimum absolute atomic E-state index is 0.160. The number of ether oxygens (including phenoxy) is 1. The number of thiophene rings is 2. The maximum Gasteiger partial charge on any atom is 0.341 e. The number of hydrogen-bond acceptors (Lipinski definition) is 9. The molecule has 31 heavy (non-hydrogen) atoms. The lowest BCUT2D eigenvalue weighted by molar-refractivity contribution is -0.117. The fraction of sp³-hybridized carbons (Fsp3) is 0.429. The summed E-state index contributed by atoms with van der Waals surface area (Å²) in [5.41, 5.74) is 1.53. The van der Waals surface area contributed by atoms with Gasteiger partial charge in [-0.1, -0.05) is 13.0 Å². The molecule has 0 radical (unpaired) electrons. The normalized spacial score (nSPS) is 12.9. The number of carbonyl (C=O) groups excluding carboxylic acids is 2. The molecule has 0 saturated carbocycles. The minimum Gasteiger partial charge on any atom is -0.465 e. The van der Waals surface area contributed by atoms with E-state index in [1.807, 2.05) is 22.4 Å². The van der Waals surface area contributed by atoms with Gasteiger partial charge in [-0.25, -0.2) is 4.79 Å². The van der Waals surface area contributed by atoms with Gasteiger partial charge in [0.25, 0.3) is 5.89 Å². The van der Waals surface area contributed by atoms with Crippen LogP contribution in [0.4, 0.5) is 5.00 Å². The minimum atomic E-state index is -0.396. The molecule has 0 unspecified atom stereocenters. The maximum atomic E-state index is 12.8. The van der Waals surface area contributed by atoms with Gasteiger partial charge in [0.1, 0.15) is 5.00 Å². The van der Waals surface area contributed by atoms with Crippen LogP contribution < -0.4 is 5.32 Å². The number of aryl methyl sites for hydroxylation is 1. The quantitative estimate of drug-likeness (QED) is 0.482. The zero-order valence-corrected chi connectivity index (χ0v) is 19.1. The second kappa shape index (κ2) is 9.71. The van der Waals surface area contributed by atoms with E-state index in [1.54, 1.807) is 0 Å². The van der Waals surface area contributed by atoms with Crippen molar-refractivity contribution in [2.24, 2.45) is 0 Å². The lowest BCUT2D eigenvalue weighted by Gasteiger charge is -2.19. The summed E-state index contributed by atoms with van der Waals surface area (Å²) in [4.78, 5) is 29.1. The molecule has 0 aromatic carbocycles. The predicted octanol–water partition coefficient (Wildman–Crippen LogP) is 3.99. The number of methoxy groups -OCH3 is 1. The van der Waals surface area contributed by atoms with Gasteiger partial charge in [0, 0.05) is 4.88 Å². The molecular weight excluding hydrogens is 436 g/mol. The number of rotatable bonds is 9. The highest BCUT2D eigenvalue weighted by Gasteiger charge is 2.28. The van der Waals surface area contributed by atoms with E-state index >= 15 is 0 Å². The van der Waals surface area contributed by atoms with Crippen molar-refractivity contribution in [2.75, 3.05) is 25.5 Å². The van der Waals surface area contributed by atoms with E-state index in [0.717, 1.165) is 41.0 Å². The first-order valence-electron chi connectivity index (χ1n) is 10.2. The number of esters is 1. The Kier molecular flexibility index (Phi) is 6.79. The van der Waals surface area contributed by atoms with E-state index in [9.17, 15) is 9.59 Å². The molecule has 0 aliphatic heterocycles. The molecule has 1 aliphatic rings. The van der Waals surface area contributed by atoms with Crippen LogP contribution in [-0.4, -0.2) is 47.2 Å². The molecular formula is C21H24N4O4S2. The number of carbonyl (C=O) groups is 2. The van der Waals surface area contributed by atoms with Gasteiger partial charge in [0.2, 0.25) is 11.8 Å². The Hall–Kier alpha value is -2.56. The van der Waals surface area contributed by atoms with Crippen LogP contribution >= 0.6 is 22.7 Å². The molecule has 4 rings (SSSR count). The average Bonchev–Trinajstić information content (AvgIpc) is 3.52. The van der Waals surface area contributed by atoms with E-state index in [0.29, 0.717) is 35.4 Å². The fourth-order valence-corrected chi connectivity index (χ4v) is 5.66. The van der Waals surface area contributed by atoms with E-state index < -0.39 is 5.97 Å². The molecule has 1 amide bonds. The molecule has 0 fully saturated rings. The van der Waals surface area contributed by atoms with Crippen molar-refractivity contribution < 1.29 is 18.7 Å². The van der Waals surface area contributed by atoms with Crippen molar-refractivity contribution in [1.29, 1.82) is 0 Å². The smallest absolute Gasteiger partial charge is 0.341 e. The second-order valence-electron chi connectivity index (χ2n) is 7.29. The van der Waals surface area contributed by atoms with E-state index in [2.05, 4.69) is 22.4 Å². The van der Waals surface area contributed by atoms with Crippen LogP contribution in [0.5, 0.6) is 0 Å². The van der Waals surface area contributed by atoms with Gasteiger partial charge in [-0.15, -0.1) is 32.9 Å². The number of fused-ring (bicyclic) bond motifs is 1. The van der Waals surface area contributed by atoms with Crippen LogP contribution in [0.2, 0.25) is 0 Å². The maximum absolute atomic E-state index is 12.8. The molecule has 3 aromatic rings. The summed E-state index contributed by atoms with van der Waals surface area (Å²) in [5.74, 6) is 0.375. The number of amides is 1. The van der Waals surface area contributed by atoms with Gasteiger partial charge in [0.15, 0.2) is 0 Å². The number of hydrogen-bond donors (Lipinski definition) is 1. The second-order valence-corrected chi connectivity index (χ2v) is 9.34. The van der Waals surface area contributed by atoms with Crippen molar-refractivity contribution >= 4 is 39.6 Å². The van der Waals surface area contributed by atoms with Gasteiger partial charge in [-0.2, -0.15) is 0 Å². The van der Waals surface area contributed by atoms with Gasteiger partial charge < -0.3 is 14.5 Å². The summed E-state index contributed by atoms with van der Waals surface area (Å²) >= 11 is 3.01. The predicted molar refractivity (Wildman–Crippen MR) is 119 cm³/mol. The van der Waals surface area contributed by atoms with Gasteiger partial charge >= 0.3 is 5.97 Å². The summed E-state index contributed by atoms with van der Waals surface area (Å²) in [6, 6.07) is 3.86. The van der Waals surface area contributed by atoms with Crippen LogP contribution in [-0.2, 0) is 28.9 Å². The first kappa shape index (κ1) is 21.7. The Bertz CT molecular complexity index is 1060. The summed E-state index contributed by atoms with van der Waals surface area (Å²) in [7, 11) is 1.37. The zero-order chi connectivity index (χ0) is 21.8. The van der Waals surface area contributed by atoms with Crippen molar-refractivity contribution in [3.63, 3.8) is 0 Å². The first-order chi connectivity index (χ1) is 15.1. The Balaban J connectivity index is 1.43. The Morgan fingerprint density at radius 2 is 2.19 bits per heavy atom. The standard InChI is InChI=1S/C21H24N4O4S2/c1-3-9-25(12-17-23-24-19(29-17)15-8-5-10-30-15)11-16(26)22-20-18(21(27)28-2)13-6-4-7-14(13)31-20/h5,8,10H,3-4,6-7,9,11-12H2,1-2H3,(H,22,26). The summed E-state index contributed by atoms with van der Waals surface area (Å²) in [6.45, 7) is 3.29. The molecule has 0 spiro atoms. The Morgan fingerprint density at radius 3 is 2.94 bits per heavy atom. The van der Waals surface area contributed by atoms with Gasteiger partial charge in [0.05, 0.1) is 30.6 Å². The average molecular weight is 461 g/mol. The molecule has 3 heterocycles. The van der Waals surface area contributed by atoms with Crippen molar-refractivity contribution in [3.8, 4) is 10.8 Å². The lowest BCUT2D eigenvalue weighted by Crippen LogP contribution is -2.33. The van der Waals surface area contributed by atoms with Crippen molar-refractivity contribution in [2.45, 2.75) is 39.2 Å². The third kappa shape index (κ3) is 4.86. The fourth-order valence-electron chi connectivity index (χ4n) is 3.72. The SMILES string of the molecule is CCCN(CC(=O)Nc1sc2c(c1C(=O)OC)CCC2)Cc1nnc(-c2cccs2)o1. The first-order valence-corrected chi connectivity index (χ1v) is 11.9. The van der Waals surface area contributed by atoms with E-state index in [4.69, 9.17) is 9.15 Å². The molecule has 10 heteroatoms. The Morgan fingerprint density at radius 1 is 1.32 bits per heavy atom. The monoisotopic (exact) mass is 460 g/mol. The van der Waals surface area contributed by atoms with Crippen LogP contribution in [0.3, 0.4) is 0 Å². The highest BCUT2D eigenvalue weighted by Crippen LogP contribution is 2.39. The molecule has 0 atom stereocenters. The molecule has 164 valence electrons. The summed E-state index contributed by atoms with van der Waals surface area (Å²) < 4.78 is 10.7. The van der Waals surface area contributed by atoms with E-state index in [1.165, 1.54) is 29.8 Å². The Labute approximate surface area is 188 Å². The highest BCUT2D eigenvalue weighted by molar-refractivity contribution is 7.17. The number of nitrogens with zero attached hydrogens (tertiary/aromatic N) is 3. The van der Waals surface area contributed by atoms with Crippen molar-refractivity contribution in [3.05, 3.63) is 39.4 Å². The topological polar surface area (TPSA) is 97.6 Å².